The van der Waals surface area contributed by atoms with Gasteiger partial charge in [0.2, 0.25) is 0 Å². The smallest absolute Gasteiger partial charge is 0.251 e. The molecule has 0 saturated carbocycles. The predicted molar refractivity (Wildman–Crippen MR) is 78.1 cm³/mol. The summed E-state index contributed by atoms with van der Waals surface area (Å²) in [5.41, 5.74) is 5.54. The third kappa shape index (κ3) is 4.43. The van der Waals surface area contributed by atoms with E-state index in [0.717, 1.165) is 6.42 Å². The van der Waals surface area contributed by atoms with Crippen molar-refractivity contribution >= 4 is 15.7 Å². The Morgan fingerprint density at radius 3 is 2.50 bits per heavy atom. The molecular weight excluding hydrogens is 280 g/mol. The molecule has 0 aliphatic carbocycles. The topological polar surface area (TPSA) is 89.7 Å². The highest BCUT2D eigenvalue weighted by Crippen LogP contribution is 2.21. The fourth-order valence-corrected chi connectivity index (χ4v) is 3.66. The SMILES string of the molecule is CCN(C(=O)[C@@H]1CC[C@H](CN)O1)C(C)CS(=O)(=O)CC. The molecule has 1 rings (SSSR count). The Morgan fingerprint density at radius 1 is 1.40 bits per heavy atom. The Kier molecular flexibility index (Phi) is 6.42. The van der Waals surface area contributed by atoms with Crippen molar-refractivity contribution in [2.75, 3.05) is 24.6 Å². The van der Waals surface area contributed by atoms with E-state index in [1.165, 1.54) is 0 Å². The van der Waals surface area contributed by atoms with Gasteiger partial charge in [-0.05, 0) is 26.7 Å². The zero-order valence-electron chi connectivity index (χ0n) is 12.5. The molecule has 1 unspecified atom stereocenters. The first kappa shape index (κ1) is 17.4. The lowest BCUT2D eigenvalue weighted by atomic mass is 10.1. The molecule has 1 amide bonds. The molecule has 3 atom stereocenters. The van der Waals surface area contributed by atoms with E-state index in [1.807, 2.05) is 6.92 Å². The average molecular weight is 306 g/mol. The maximum atomic E-state index is 12.4. The van der Waals surface area contributed by atoms with Crippen LogP contribution in [0.3, 0.4) is 0 Å². The minimum Gasteiger partial charge on any atom is -0.364 e. The highest BCUT2D eigenvalue weighted by molar-refractivity contribution is 7.91. The normalized spacial score (nSPS) is 24.6. The van der Waals surface area contributed by atoms with E-state index in [1.54, 1.807) is 18.7 Å². The van der Waals surface area contributed by atoms with Gasteiger partial charge in [-0.3, -0.25) is 4.79 Å². The Bertz CT molecular complexity index is 424. The van der Waals surface area contributed by atoms with Crippen molar-refractivity contribution in [3.8, 4) is 0 Å². The molecule has 0 aromatic heterocycles. The van der Waals surface area contributed by atoms with Crippen LogP contribution >= 0.6 is 0 Å². The van der Waals surface area contributed by atoms with Gasteiger partial charge >= 0.3 is 0 Å². The number of hydrogen-bond donors (Lipinski definition) is 1. The number of carbonyl (C=O) groups excluding carboxylic acids is 1. The monoisotopic (exact) mass is 306 g/mol. The van der Waals surface area contributed by atoms with Crippen LogP contribution < -0.4 is 5.73 Å². The van der Waals surface area contributed by atoms with Gasteiger partial charge in [0.25, 0.3) is 5.91 Å². The van der Waals surface area contributed by atoms with Crippen LogP contribution in [-0.2, 0) is 19.4 Å². The summed E-state index contributed by atoms with van der Waals surface area (Å²) in [6.45, 7) is 6.13. The third-order valence-corrected chi connectivity index (χ3v) is 5.61. The lowest BCUT2D eigenvalue weighted by Gasteiger charge is -2.30. The standard InChI is InChI=1S/C13H26N2O4S/c1-4-15(10(3)9-20(17,18)5-2)13(16)12-7-6-11(8-14)19-12/h10-12H,4-9,14H2,1-3H3/t10?,11-,12+/m1/s1. The summed E-state index contributed by atoms with van der Waals surface area (Å²) in [4.78, 5) is 14.0. The Hall–Kier alpha value is -0.660. The molecule has 7 heteroatoms. The molecule has 1 aliphatic rings. The molecule has 1 aliphatic heterocycles. The van der Waals surface area contributed by atoms with Crippen LogP contribution in [0.2, 0.25) is 0 Å². The van der Waals surface area contributed by atoms with E-state index in [2.05, 4.69) is 0 Å². The van der Waals surface area contributed by atoms with Gasteiger partial charge in [-0.2, -0.15) is 0 Å². The molecule has 0 bridgehead atoms. The van der Waals surface area contributed by atoms with Crippen LogP contribution in [0.15, 0.2) is 0 Å². The first-order valence-corrected chi connectivity index (χ1v) is 9.03. The Morgan fingerprint density at radius 2 is 2.05 bits per heavy atom. The number of sulfone groups is 1. The van der Waals surface area contributed by atoms with Crippen molar-refractivity contribution in [1.29, 1.82) is 0 Å². The number of likely N-dealkylation sites (N-methyl/N-ethyl adjacent to an activating group) is 1. The van der Waals surface area contributed by atoms with Gasteiger partial charge in [0.1, 0.15) is 6.10 Å². The largest absolute Gasteiger partial charge is 0.364 e. The van der Waals surface area contributed by atoms with E-state index in [0.29, 0.717) is 19.5 Å². The van der Waals surface area contributed by atoms with Crippen molar-refractivity contribution in [2.24, 2.45) is 5.73 Å². The minimum atomic E-state index is -3.10. The molecule has 1 heterocycles. The number of nitrogens with zero attached hydrogens (tertiary/aromatic N) is 1. The number of hydrogen-bond acceptors (Lipinski definition) is 5. The zero-order chi connectivity index (χ0) is 15.3. The van der Waals surface area contributed by atoms with Crippen molar-refractivity contribution < 1.29 is 17.9 Å². The van der Waals surface area contributed by atoms with Crippen molar-refractivity contribution in [2.45, 2.75) is 51.9 Å². The summed E-state index contributed by atoms with van der Waals surface area (Å²) >= 11 is 0. The quantitative estimate of drug-likeness (QED) is 0.724. The summed E-state index contributed by atoms with van der Waals surface area (Å²) < 4.78 is 29.0. The third-order valence-electron chi connectivity index (χ3n) is 3.74. The molecule has 0 aromatic rings. The first-order chi connectivity index (χ1) is 9.34. The van der Waals surface area contributed by atoms with Gasteiger partial charge in [0.05, 0.1) is 11.9 Å². The van der Waals surface area contributed by atoms with E-state index in [9.17, 15) is 13.2 Å². The van der Waals surface area contributed by atoms with E-state index in [-0.39, 0.29) is 29.6 Å². The van der Waals surface area contributed by atoms with Crippen molar-refractivity contribution in [1.82, 2.24) is 4.90 Å². The fourth-order valence-electron chi connectivity index (χ4n) is 2.51. The summed E-state index contributed by atoms with van der Waals surface area (Å²) in [5.74, 6) is -0.0313. The average Bonchev–Trinajstić information content (AvgIpc) is 2.87. The molecule has 1 fully saturated rings. The number of nitrogens with two attached hydrogens (primary N) is 1. The predicted octanol–water partition coefficient (Wildman–Crippen LogP) is 0.164. The molecule has 118 valence electrons. The van der Waals surface area contributed by atoms with Gasteiger partial charge in [0, 0.05) is 24.9 Å². The van der Waals surface area contributed by atoms with Crippen LogP contribution in [0.4, 0.5) is 0 Å². The van der Waals surface area contributed by atoms with Crippen LogP contribution in [0.1, 0.15) is 33.6 Å². The number of carbonyl (C=O) groups is 1. The minimum absolute atomic E-state index is 0.00385. The van der Waals surface area contributed by atoms with Crippen LogP contribution in [0.5, 0.6) is 0 Å². The second-order valence-corrected chi connectivity index (χ2v) is 7.63. The number of rotatable bonds is 7. The zero-order valence-corrected chi connectivity index (χ0v) is 13.4. The lowest BCUT2D eigenvalue weighted by Crippen LogP contribution is -2.47. The van der Waals surface area contributed by atoms with Crippen LogP contribution in [0, 0.1) is 0 Å². The lowest BCUT2D eigenvalue weighted by molar-refractivity contribution is -0.144. The second-order valence-electron chi connectivity index (χ2n) is 5.23. The van der Waals surface area contributed by atoms with Gasteiger partial charge in [-0.15, -0.1) is 0 Å². The van der Waals surface area contributed by atoms with E-state index in [4.69, 9.17) is 10.5 Å². The van der Waals surface area contributed by atoms with Crippen LogP contribution in [-0.4, -0.2) is 62.1 Å². The molecule has 6 nitrogen and oxygen atoms in total. The van der Waals surface area contributed by atoms with Crippen molar-refractivity contribution in [3.63, 3.8) is 0 Å². The molecule has 2 N–H and O–H groups in total. The summed E-state index contributed by atoms with van der Waals surface area (Å²) in [7, 11) is -3.10. The maximum Gasteiger partial charge on any atom is 0.251 e. The molecule has 0 spiro atoms. The molecule has 0 aromatic carbocycles. The molecule has 0 radical (unpaired) electrons. The first-order valence-electron chi connectivity index (χ1n) is 7.21. The summed E-state index contributed by atoms with van der Waals surface area (Å²) in [6.07, 6.45) is 0.906. The van der Waals surface area contributed by atoms with Gasteiger partial charge in [0.15, 0.2) is 9.84 Å². The number of amides is 1. The summed E-state index contributed by atoms with van der Waals surface area (Å²) in [6, 6.07) is -0.335. The summed E-state index contributed by atoms with van der Waals surface area (Å²) in [5, 5.41) is 0. The molecule has 20 heavy (non-hydrogen) atoms. The van der Waals surface area contributed by atoms with Gasteiger partial charge < -0.3 is 15.4 Å². The number of ether oxygens (including phenoxy) is 1. The van der Waals surface area contributed by atoms with Gasteiger partial charge in [-0.1, -0.05) is 6.92 Å². The highest BCUT2D eigenvalue weighted by Gasteiger charge is 2.34. The van der Waals surface area contributed by atoms with Crippen LogP contribution in [0.25, 0.3) is 0 Å². The highest BCUT2D eigenvalue weighted by atomic mass is 32.2. The second kappa shape index (κ2) is 7.38. The van der Waals surface area contributed by atoms with Gasteiger partial charge in [-0.25, -0.2) is 8.42 Å². The molecule has 1 saturated heterocycles. The van der Waals surface area contributed by atoms with Crippen molar-refractivity contribution in [3.05, 3.63) is 0 Å². The Labute approximate surface area is 121 Å². The van der Waals surface area contributed by atoms with E-state index < -0.39 is 15.9 Å². The van der Waals surface area contributed by atoms with E-state index >= 15 is 0 Å². The fraction of sp³-hybridized carbons (Fsp3) is 0.923. The Balaban J connectivity index is 2.68. The molecular formula is C13H26N2O4S. The maximum absolute atomic E-state index is 12.4.